The van der Waals surface area contributed by atoms with Crippen LogP contribution in [0, 0.1) is 0 Å². The van der Waals surface area contributed by atoms with Gasteiger partial charge in [0.25, 0.3) is 0 Å². The first-order valence-electron chi connectivity index (χ1n) is 8.03. The van der Waals surface area contributed by atoms with Crippen molar-refractivity contribution in [3.8, 4) is 0 Å². The van der Waals surface area contributed by atoms with Crippen LogP contribution in [-0.2, 0) is 16.0 Å². The molecule has 0 saturated carbocycles. The Bertz CT molecular complexity index is 658. The van der Waals surface area contributed by atoms with Gasteiger partial charge in [0.2, 0.25) is 11.8 Å². The average molecular weight is 354 g/mol. The lowest BCUT2D eigenvalue weighted by molar-refractivity contribution is -0.161. The first-order chi connectivity index (χ1) is 11.7. The lowest BCUT2D eigenvalue weighted by Crippen LogP contribution is -2.44. The smallest absolute Gasteiger partial charge is 0.335 e. The van der Waals surface area contributed by atoms with Crippen molar-refractivity contribution < 1.29 is 22.8 Å². The van der Waals surface area contributed by atoms with Gasteiger partial charge in [-0.1, -0.05) is 30.3 Å². The summed E-state index contributed by atoms with van der Waals surface area (Å²) in [5.74, 6) is -0.844. The Morgan fingerprint density at radius 2 is 2.04 bits per heavy atom. The van der Waals surface area contributed by atoms with Crippen molar-refractivity contribution >= 4 is 11.8 Å². The summed E-state index contributed by atoms with van der Waals surface area (Å²) in [5.41, 5.74) is 1.84. The maximum absolute atomic E-state index is 12.7. The Kier molecular flexibility index (Phi) is 5.87. The zero-order valence-electron chi connectivity index (χ0n) is 14.1. The number of hydrogen-bond donors (Lipinski definition) is 0. The van der Waals surface area contributed by atoms with Gasteiger partial charge in [-0.15, -0.1) is 6.58 Å². The second-order valence-corrected chi connectivity index (χ2v) is 6.06. The Balaban J connectivity index is 2.26. The molecular formula is C18H21F3N2O2. The molecule has 1 aliphatic rings. The number of rotatable bonds is 5. The predicted octanol–water partition coefficient (Wildman–Crippen LogP) is 3.10. The average Bonchev–Trinajstić information content (AvgIpc) is 2.53. The van der Waals surface area contributed by atoms with Crippen molar-refractivity contribution in [2.45, 2.75) is 32.0 Å². The SMILES string of the molecule is C=CCN(CC(F)(F)F)C(=O)CC1c2ccccc2CCN1C(C)=O. The van der Waals surface area contributed by atoms with Gasteiger partial charge in [-0.05, 0) is 17.5 Å². The van der Waals surface area contributed by atoms with E-state index < -0.39 is 24.7 Å². The molecule has 0 aliphatic carbocycles. The second-order valence-electron chi connectivity index (χ2n) is 6.06. The Labute approximate surface area is 144 Å². The van der Waals surface area contributed by atoms with Gasteiger partial charge in [0.15, 0.2) is 0 Å². The number of hydrogen-bond acceptors (Lipinski definition) is 2. The first-order valence-corrected chi connectivity index (χ1v) is 8.03. The molecule has 0 N–H and O–H groups in total. The molecule has 0 spiro atoms. The Morgan fingerprint density at radius 3 is 2.64 bits per heavy atom. The fraction of sp³-hybridized carbons (Fsp3) is 0.444. The number of halogens is 3. The van der Waals surface area contributed by atoms with Gasteiger partial charge >= 0.3 is 6.18 Å². The van der Waals surface area contributed by atoms with Crippen molar-refractivity contribution in [1.29, 1.82) is 0 Å². The van der Waals surface area contributed by atoms with Crippen LogP contribution in [0.4, 0.5) is 13.2 Å². The molecule has 1 aromatic rings. The zero-order chi connectivity index (χ0) is 18.6. The van der Waals surface area contributed by atoms with E-state index in [9.17, 15) is 22.8 Å². The molecule has 2 amide bonds. The van der Waals surface area contributed by atoms with Crippen molar-refractivity contribution in [3.63, 3.8) is 0 Å². The predicted molar refractivity (Wildman–Crippen MR) is 87.7 cm³/mol. The molecule has 1 unspecified atom stereocenters. The van der Waals surface area contributed by atoms with E-state index in [0.717, 1.165) is 16.0 Å². The topological polar surface area (TPSA) is 40.6 Å². The van der Waals surface area contributed by atoms with Crippen LogP contribution in [0.5, 0.6) is 0 Å². The third-order valence-corrected chi connectivity index (χ3v) is 4.26. The summed E-state index contributed by atoms with van der Waals surface area (Å²) in [6, 6.07) is 6.87. The highest BCUT2D eigenvalue weighted by Gasteiger charge is 2.36. The second kappa shape index (κ2) is 7.72. The van der Waals surface area contributed by atoms with Crippen molar-refractivity contribution in [2.24, 2.45) is 0 Å². The van der Waals surface area contributed by atoms with E-state index in [1.165, 1.54) is 13.0 Å². The summed E-state index contributed by atoms with van der Waals surface area (Å²) in [4.78, 5) is 26.7. The van der Waals surface area contributed by atoms with Gasteiger partial charge in [0, 0.05) is 20.0 Å². The van der Waals surface area contributed by atoms with Gasteiger partial charge in [-0.25, -0.2) is 0 Å². The minimum atomic E-state index is -4.48. The number of benzene rings is 1. The van der Waals surface area contributed by atoms with Gasteiger partial charge in [-0.2, -0.15) is 13.2 Å². The van der Waals surface area contributed by atoms with Crippen LogP contribution in [0.3, 0.4) is 0 Å². The third kappa shape index (κ3) is 4.84. The lowest BCUT2D eigenvalue weighted by atomic mass is 9.90. The summed E-state index contributed by atoms with van der Waals surface area (Å²) in [6.07, 6.45) is -2.73. The summed E-state index contributed by atoms with van der Waals surface area (Å²) >= 11 is 0. The molecule has 4 nitrogen and oxygen atoms in total. The van der Waals surface area contributed by atoms with Crippen LogP contribution in [0.15, 0.2) is 36.9 Å². The number of amides is 2. The van der Waals surface area contributed by atoms with E-state index in [-0.39, 0.29) is 18.9 Å². The number of carbonyl (C=O) groups is 2. The molecule has 0 saturated heterocycles. The molecule has 0 fully saturated rings. The van der Waals surface area contributed by atoms with Gasteiger partial charge in [-0.3, -0.25) is 9.59 Å². The number of carbonyl (C=O) groups excluding carboxylic acids is 2. The van der Waals surface area contributed by atoms with Crippen LogP contribution in [-0.4, -0.2) is 47.4 Å². The Morgan fingerprint density at radius 1 is 1.36 bits per heavy atom. The molecule has 7 heteroatoms. The molecule has 0 aromatic heterocycles. The largest absolute Gasteiger partial charge is 0.406 e. The van der Waals surface area contributed by atoms with Crippen molar-refractivity contribution in [3.05, 3.63) is 48.0 Å². The molecule has 2 rings (SSSR count). The Hall–Kier alpha value is -2.31. The van der Waals surface area contributed by atoms with Crippen LogP contribution in [0.2, 0.25) is 0 Å². The monoisotopic (exact) mass is 354 g/mol. The van der Waals surface area contributed by atoms with Gasteiger partial charge in [0.05, 0.1) is 12.5 Å². The molecular weight excluding hydrogens is 333 g/mol. The highest BCUT2D eigenvalue weighted by Crippen LogP contribution is 2.33. The van der Waals surface area contributed by atoms with E-state index in [4.69, 9.17) is 0 Å². The summed E-state index contributed by atoms with van der Waals surface area (Å²) < 4.78 is 38.2. The van der Waals surface area contributed by atoms with Crippen molar-refractivity contribution in [2.75, 3.05) is 19.6 Å². The molecule has 1 aliphatic heterocycles. The number of fused-ring (bicyclic) bond motifs is 1. The maximum atomic E-state index is 12.7. The molecule has 136 valence electrons. The molecule has 1 aromatic carbocycles. The normalized spacial score (nSPS) is 17.0. The molecule has 25 heavy (non-hydrogen) atoms. The fourth-order valence-corrected chi connectivity index (χ4v) is 3.17. The number of nitrogens with zero attached hydrogens (tertiary/aromatic N) is 2. The summed E-state index contributed by atoms with van der Waals surface area (Å²) in [7, 11) is 0. The molecule has 1 atom stereocenters. The van der Waals surface area contributed by atoms with Crippen LogP contribution in [0.25, 0.3) is 0 Å². The fourth-order valence-electron chi connectivity index (χ4n) is 3.17. The summed E-state index contributed by atoms with van der Waals surface area (Å²) in [5, 5.41) is 0. The quantitative estimate of drug-likeness (QED) is 0.763. The lowest BCUT2D eigenvalue weighted by Gasteiger charge is -2.37. The zero-order valence-corrected chi connectivity index (χ0v) is 14.1. The maximum Gasteiger partial charge on any atom is 0.406 e. The van der Waals surface area contributed by atoms with Crippen LogP contribution < -0.4 is 0 Å². The van der Waals surface area contributed by atoms with E-state index in [1.54, 1.807) is 11.0 Å². The van der Waals surface area contributed by atoms with Crippen LogP contribution >= 0.6 is 0 Å². The molecule has 0 bridgehead atoms. The molecule has 1 heterocycles. The van der Waals surface area contributed by atoms with Gasteiger partial charge < -0.3 is 9.80 Å². The van der Waals surface area contributed by atoms with E-state index >= 15 is 0 Å². The third-order valence-electron chi connectivity index (χ3n) is 4.26. The van der Waals surface area contributed by atoms with Crippen molar-refractivity contribution in [1.82, 2.24) is 9.80 Å². The van der Waals surface area contributed by atoms with E-state index in [0.29, 0.717) is 13.0 Å². The number of alkyl halides is 3. The molecule has 0 radical (unpaired) electrons. The minimum Gasteiger partial charge on any atom is -0.335 e. The van der Waals surface area contributed by atoms with Crippen LogP contribution in [0.1, 0.15) is 30.5 Å². The van der Waals surface area contributed by atoms with E-state index in [1.807, 2.05) is 18.2 Å². The van der Waals surface area contributed by atoms with E-state index in [2.05, 4.69) is 6.58 Å². The minimum absolute atomic E-state index is 0.180. The first kappa shape index (κ1) is 19.0. The summed E-state index contributed by atoms with van der Waals surface area (Å²) in [6.45, 7) is 3.75. The highest BCUT2D eigenvalue weighted by molar-refractivity contribution is 5.80. The highest BCUT2D eigenvalue weighted by atomic mass is 19.4. The van der Waals surface area contributed by atoms with Gasteiger partial charge in [0.1, 0.15) is 6.54 Å². The standard InChI is InChI=1S/C18H21F3N2O2/c1-3-9-22(12-18(19,20)21)17(25)11-16-15-7-5-4-6-14(15)8-10-23(16)13(2)24/h3-7,16H,1,8-12H2,2H3.